The Morgan fingerprint density at radius 1 is 0.444 bits per heavy atom. The number of benzene rings is 1. The number of aryl methyl sites for hydroxylation is 2. The van der Waals surface area contributed by atoms with Crippen LogP contribution in [0.25, 0.3) is 22.6 Å². The van der Waals surface area contributed by atoms with Crippen LogP contribution in [0.5, 0.6) is 0 Å². The Morgan fingerprint density at radius 2 is 0.944 bits per heavy atom. The predicted molar refractivity (Wildman–Crippen MR) is 154 cm³/mol. The third kappa shape index (κ3) is 10.2. The second-order valence-electron chi connectivity index (χ2n) is 10.3. The zero-order valence-electron chi connectivity index (χ0n) is 22.9. The monoisotopic (exact) mass is 485 g/mol. The highest BCUT2D eigenvalue weighted by Gasteiger charge is 2.05. The lowest BCUT2D eigenvalue weighted by atomic mass is 10.0. The average molecular weight is 486 g/mol. The lowest BCUT2D eigenvalue weighted by Gasteiger charge is -2.06. The molecule has 0 fully saturated rings. The van der Waals surface area contributed by atoms with Gasteiger partial charge in [0.25, 0.3) is 0 Å². The molecule has 194 valence electrons. The van der Waals surface area contributed by atoms with Gasteiger partial charge >= 0.3 is 0 Å². The van der Waals surface area contributed by atoms with E-state index in [2.05, 4.69) is 60.2 Å². The number of aromatic nitrogens is 3. The van der Waals surface area contributed by atoms with Crippen molar-refractivity contribution >= 4 is 0 Å². The van der Waals surface area contributed by atoms with Gasteiger partial charge in [-0.15, -0.1) is 0 Å². The molecule has 0 aliphatic carbocycles. The maximum atomic E-state index is 4.70. The fourth-order valence-electron chi connectivity index (χ4n) is 4.74. The number of rotatable bonds is 18. The first kappa shape index (κ1) is 28.0. The molecule has 3 aromatic rings. The summed E-state index contributed by atoms with van der Waals surface area (Å²) in [6, 6.07) is 13.1. The normalized spacial score (nSPS) is 11.2. The molecule has 0 radical (unpaired) electrons. The van der Waals surface area contributed by atoms with Gasteiger partial charge in [-0.3, -0.25) is 4.98 Å². The quantitative estimate of drug-likeness (QED) is 0.168. The van der Waals surface area contributed by atoms with Crippen molar-refractivity contribution in [2.45, 2.75) is 117 Å². The lowest BCUT2D eigenvalue weighted by Crippen LogP contribution is -1.94. The summed E-state index contributed by atoms with van der Waals surface area (Å²) >= 11 is 0. The van der Waals surface area contributed by atoms with E-state index in [0.717, 1.165) is 29.1 Å². The Bertz CT molecular complexity index is 865. The molecule has 3 rings (SSSR count). The van der Waals surface area contributed by atoms with Gasteiger partial charge in [-0.25, -0.2) is 9.97 Å². The van der Waals surface area contributed by atoms with Crippen LogP contribution >= 0.6 is 0 Å². The molecule has 0 saturated carbocycles. The summed E-state index contributed by atoms with van der Waals surface area (Å²) in [6.45, 7) is 4.54. The topological polar surface area (TPSA) is 38.7 Å². The highest BCUT2D eigenvalue weighted by molar-refractivity contribution is 5.63. The Labute approximate surface area is 220 Å². The molecule has 0 aliphatic rings. The Hall–Kier alpha value is -2.55. The van der Waals surface area contributed by atoms with Crippen LogP contribution in [0.15, 0.2) is 55.0 Å². The first-order chi connectivity index (χ1) is 17.8. The molecular weight excluding hydrogens is 438 g/mol. The van der Waals surface area contributed by atoms with Gasteiger partial charge in [-0.1, -0.05) is 115 Å². The zero-order chi connectivity index (χ0) is 25.3. The summed E-state index contributed by atoms with van der Waals surface area (Å²) in [5, 5.41) is 0. The number of hydrogen-bond acceptors (Lipinski definition) is 3. The predicted octanol–water partition coefficient (Wildman–Crippen LogP) is 9.79. The maximum absolute atomic E-state index is 4.70. The van der Waals surface area contributed by atoms with E-state index in [1.165, 1.54) is 107 Å². The second-order valence-corrected chi connectivity index (χ2v) is 10.3. The maximum Gasteiger partial charge on any atom is 0.160 e. The van der Waals surface area contributed by atoms with E-state index in [1.54, 1.807) is 0 Å². The number of unbranched alkanes of at least 4 members (excludes halogenated alkanes) is 12. The highest BCUT2D eigenvalue weighted by atomic mass is 14.9. The van der Waals surface area contributed by atoms with Gasteiger partial charge < -0.3 is 0 Å². The smallest absolute Gasteiger partial charge is 0.160 e. The van der Waals surface area contributed by atoms with Crippen molar-refractivity contribution in [3.05, 3.63) is 66.1 Å². The van der Waals surface area contributed by atoms with Gasteiger partial charge in [0.1, 0.15) is 0 Å². The molecule has 0 unspecified atom stereocenters. The van der Waals surface area contributed by atoms with Crippen LogP contribution in [-0.2, 0) is 12.8 Å². The fourth-order valence-corrected chi connectivity index (χ4v) is 4.74. The van der Waals surface area contributed by atoms with Crippen LogP contribution in [0.4, 0.5) is 0 Å². The van der Waals surface area contributed by atoms with Gasteiger partial charge in [0.05, 0.1) is 5.69 Å². The number of hydrogen-bond donors (Lipinski definition) is 0. The van der Waals surface area contributed by atoms with E-state index < -0.39 is 0 Å². The average Bonchev–Trinajstić information content (AvgIpc) is 2.93. The fraction of sp³-hybridized carbons (Fsp3) is 0.545. The standard InChI is InChI=1S/C33H47N3/c1-3-5-7-9-11-13-15-17-28-19-21-30(22-20-28)32-24-23-31(27-34-32)33-35-25-29(26-36-33)18-16-14-12-10-8-6-4-2/h19-27H,3-18H2,1-2H3. The first-order valence-corrected chi connectivity index (χ1v) is 14.7. The van der Waals surface area contributed by atoms with Crippen LogP contribution in [0.1, 0.15) is 115 Å². The van der Waals surface area contributed by atoms with E-state index in [-0.39, 0.29) is 0 Å². The zero-order valence-corrected chi connectivity index (χ0v) is 22.9. The first-order valence-electron chi connectivity index (χ1n) is 14.7. The van der Waals surface area contributed by atoms with Crippen LogP contribution in [0.2, 0.25) is 0 Å². The summed E-state index contributed by atoms with van der Waals surface area (Å²) in [6.07, 6.45) is 26.9. The van der Waals surface area contributed by atoms with Crippen LogP contribution in [0, 0.1) is 0 Å². The summed E-state index contributed by atoms with van der Waals surface area (Å²) in [5.41, 5.74) is 5.78. The Morgan fingerprint density at radius 3 is 1.47 bits per heavy atom. The highest BCUT2D eigenvalue weighted by Crippen LogP contribution is 2.22. The molecule has 2 heterocycles. The van der Waals surface area contributed by atoms with Gasteiger partial charge in [0.2, 0.25) is 0 Å². The number of pyridine rings is 1. The van der Waals surface area contributed by atoms with Crippen molar-refractivity contribution < 1.29 is 0 Å². The van der Waals surface area contributed by atoms with Gasteiger partial charge in [-0.05, 0) is 48.9 Å². The molecule has 1 aromatic carbocycles. The molecule has 0 N–H and O–H groups in total. The third-order valence-corrected chi connectivity index (χ3v) is 7.11. The van der Waals surface area contributed by atoms with Gasteiger partial charge in [0.15, 0.2) is 5.82 Å². The molecule has 0 bridgehead atoms. The molecule has 36 heavy (non-hydrogen) atoms. The van der Waals surface area contributed by atoms with Gasteiger partial charge in [0, 0.05) is 29.7 Å². The van der Waals surface area contributed by atoms with Crippen molar-refractivity contribution in [1.29, 1.82) is 0 Å². The van der Waals surface area contributed by atoms with Crippen LogP contribution in [-0.4, -0.2) is 15.0 Å². The molecule has 0 amide bonds. The molecule has 3 nitrogen and oxygen atoms in total. The summed E-state index contributed by atoms with van der Waals surface area (Å²) in [7, 11) is 0. The minimum Gasteiger partial charge on any atom is -0.255 e. The van der Waals surface area contributed by atoms with Crippen LogP contribution < -0.4 is 0 Å². The van der Waals surface area contributed by atoms with Gasteiger partial charge in [-0.2, -0.15) is 0 Å². The molecule has 2 aromatic heterocycles. The van der Waals surface area contributed by atoms with Crippen molar-refractivity contribution in [2.24, 2.45) is 0 Å². The minimum atomic E-state index is 0.752. The van der Waals surface area contributed by atoms with E-state index >= 15 is 0 Å². The third-order valence-electron chi connectivity index (χ3n) is 7.11. The van der Waals surface area contributed by atoms with E-state index in [4.69, 9.17) is 4.98 Å². The SMILES string of the molecule is CCCCCCCCCc1ccc(-c2ccc(-c3ncc(CCCCCCCCC)cn3)cn2)cc1. The van der Waals surface area contributed by atoms with E-state index in [1.807, 2.05) is 18.6 Å². The number of nitrogens with zero attached hydrogens (tertiary/aromatic N) is 3. The van der Waals surface area contributed by atoms with Crippen molar-refractivity contribution in [3.63, 3.8) is 0 Å². The Balaban J connectivity index is 1.41. The molecule has 0 spiro atoms. The summed E-state index contributed by atoms with van der Waals surface area (Å²) < 4.78 is 0. The second kappa shape index (κ2) is 17.0. The molecule has 3 heteroatoms. The van der Waals surface area contributed by atoms with Crippen molar-refractivity contribution in [3.8, 4) is 22.6 Å². The molecule has 0 aliphatic heterocycles. The van der Waals surface area contributed by atoms with Crippen molar-refractivity contribution in [1.82, 2.24) is 15.0 Å². The van der Waals surface area contributed by atoms with Crippen LogP contribution in [0.3, 0.4) is 0 Å². The lowest BCUT2D eigenvalue weighted by molar-refractivity contribution is 0.589. The Kier molecular flexibility index (Phi) is 13.2. The molecule has 0 saturated heterocycles. The molecule has 0 atom stereocenters. The largest absolute Gasteiger partial charge is 0.255 e. The minimum absolute atomic E-state index is 0.752. The van der Waals surface area contributed by atoms with E-state index in [9.17, 15) is 0 Å². The summed E-state index contributed by atoms with van der Waals surface area (Å²) in [4.78, 5) is 13.9. The molecular formula is C33H47N3. The summed E-state index contributed by atoms with van der Waals surface area (Å²) in [5.74, 6) is 0.752. The van der Waals surface area contributed by atoms with Crippen molar-refractivity contribution in [2.75, 3.05) is 0 Å². The van der Waals surface area contributed by atoms with E-state index in [0.29, 0.717) is 0 Å².